The highest BCUT2D eigenvalue weighted by Gasteiger charge is 2.16. The Kier molecular flexibility index (Phi) is 8.80. The third-order valence-electron chi connectivity index (χ3n) is 4.26. The summed E-state index contributed by atoms with van der Waals surface area (Å²) in [6, 6.07) is 8.83. The fourth-order valence-corrected chi connectivity index (χ4v) is 3.87. The minimum Gasteiger partial charge on any atom is -0.357 e. The number of rotatable bonds is 6. The van der Waals surface area contributed by atoms with Crippen LogP contribution in [0.4, 0.5) is 4.39 Å². The van der Waals surface area contributed by atoms with Crippen molar-refractivity contribution in [1.29, 1.82) is 0 Å². The lowest BCUT2D eigenvalue weighted by Crippen LogP contribution is -2.42. The number of hydrogen-bond acceptors (Lipinski definition) is 3. The van der Waals surface area contributed by atoms with Crippen LogP contribution in [0.3, 0.4) is 0 Å². The van der Waals surface area contributed by atoms with Crippen molar-refractivity contribution >= 4 is 41.3 Å². The standard InChI is InChI=1S/C19H25FN4S.HI/c1-2-21-19(23-13-15-4-3-5-17(20)12-15)22-8-10-24-9-6-18-16(14-24)7-11-25-18;/h3-5,7,11-12H,2,6,8-10,13-14H2,1H3,(H2,21,22,23);1H. The minimum absolute atomic E-state index is 0. The maximum atomic E-state index is 13.2. The number of nitrogens with zero attached hydrogens (tertiary/aromatic N) is 2. The van der Waals surface area contributed by atoms with E-state index >= 15 is 0 Å². The van der Waals surface area contributed by atoms with Crippen LogP contribution in [-0.2, 0) is 19.5 Å². The Hall–Kier alpha value is -1.19. The van der Waals surface area contributed by atoms with Crippen molar-refractivity contribution in [2.24, 2.45) is 4.99 Å². The Bertz CT molecular complexity index is 719. The molecule has 0 unspecified atom stereocenters. The lowest BCUT2D eigenvalue weighted by Gasteiger charge is -2.27. The van der Waals surface area contributed by atoms with Crippen LogP contribution in [0.25, 0.3) is 0 Å². The van der Waals surface area contributed by atoms with Crippen LogP contribution >= 0.6 is 35.3 Å². The van der Waals surface area contributed by atoms with Crippen LogP contribution in [0, 0.1) is 5.82 Å². The highest BCUT2D eigenvalue weighted by molar-refractivity contribution is 14.0. The predicted octanol–water partition coefficient (Wildman–Crippen LogP) is 3.62. The van der Waals surface area contributed by atoms with Crippen LogP contribution in [0.5, 0.6) is 0 Å². The third-order valence-corrected chi connectivity index (χ3v) is 5.28. The van der Waals surface area contributed by atoms with E-state index < -0.39 is 0 Å². The summed E-state index contributed by atoms with van der Waals surface area (Å²) in [7, 11) is 0. The molecule has 2 N–H and O–H groups in total. The Labute approximate surface area is 175 Å². The second kappa shape index (κ2) is 10.8. The molecule has 2 heterocycles. The highest BCUT2D eigenvalue weighted by Crippen LogP contribution is 2.23. The second-order valence-electron chi connectivity index (χ2n) is 6.15. The lowest BCUT2D eigenvalue weighted by atomic mass is 10.1. The number of halogens is 2. The molecule has 0 bridgehead atoms. The second-order valence-corrected chi connectivity index (χ2v) is 7.15. The molecule has 0 aliphatic carbocycles. The van der Waals surface area contributed by atoms with Crippen LogP contribution in [0.2, 0.25) is 0 Å². The highest BCUT2D eigenvalue weighted by atomic mass is 127. The number of nitrogens with one attached hydrogen (secondary N) is 2. The first-order valence-corrected chi connectivity index (χ1v) is 9.67. The van der Waals surface area contributed by atoms with Crippen molar-refractivity contribution in [1.82, 2.24) is 15.5 Å². The van der Waals surface area contributed by atoms with Gasteiger partial charge in [0.15, 0.2) is 5.96 Å². The minimum atomic E-state index is -0.219. The van der Waals surface area contributed by atoms with Gasteiger partial charge in [0.2, 0.25) is 0 Å². The van der Waals surface area contributed by atoms with Gasteiger partial charge in [-0.15, -0.1) is 35.3 Å². The summed E-state index contributed by atoms with van der Waals surface area (Å²) in [6.45, 7) is 7.30. The molecule has 0 amide bonds. The first kappa shape index (κ1) is 21.1. The molecule has 142 valence electrons. The van der Waals surface area contributed by atoms with E-state index in [0.29, 0.717) is 6.54 Å². The molecule has 7 heteroatoms. The van der Waals surface area contributed by atoms with Gasteiger partial charge in [-0.05, 0) is 48.1 Å². The zero-order valence-electron chi connectivity index (χ0n) is 15.0. The van der Waals surface area contributed by atoms with E-state index in [0.717, 1.165) is 50.7 Å². The van der Waals surface area contributed by atoms with Crippen molar-refractivity contribution in [3.05, 3.63) is 57.5 Å². The molecule has 0 atom stereocenters. The van der Waals surface area contributed by atoms with Crippen molar-refractivity contribution in [2.75, 3.05) is 26.2 Å². The fourth-order valence-electron chi connectivity index (χ4n) is 2.98. The quantitative estimate of drug-likeness (QED) is 0.371. The number of thiophene rings is 1. The summed E-state index contributed by atoms with van der Waals surface area (Å²) in [5, 5.41) is 8.81. The van der Waals surface area contributed by atoms with Gasteiger partial charge in [-0.25, -0.2) is 9.38 Å². The molecule has 3 rings (SSSR count). The number of guanidine groups is 1. The predicted molar refractivity (Wildman–Crippen MR) is 118 cm³/mol. The molecule has 4 nitrogen and oxygen atoms in total. The van der Waals surface area contributed by atoms with E-state index in [4.69, 9.17) is 0 Å². The zero-order chi connectivity index (χ0) is 17.5. The SMILES string of the molecule is CCNC(=NCc1cccc(F)c1)NCCN1CCc2sccc2C1.I. The van der Waals surface area contributed by atoms with Crippen molar-refractivity contribution < 1.29 is 4.39 Å². The Morgan fingerprint density at radius 1 is 1.31 bits per heavy atom. The summed E-state index contributed by atoms with van der Waals surface area (Å²) in [4.78, 5) is 8.55. The molecule has 0 saturated carbocycles. The number of benzene rings is 1. The maximum Gasteiger partial charge on any atom is 0.191 e. The van der Waals surface area contributed by atoms with Gasteiger partial charge >= 0.3 is 0 Å². The molecule has 0 saturated heterocycles. The van der Waals surface area contributed by atoms with E-state index in [1.165, 1.54) is 22.6 Å². The van der Waals surface area contributed by atoms with E-state index in [1.807, 2.05) is 24.3 Å². The monoisotopic (exact) mass is 488 g/mol. The molecule has 0 spiro atoms. The Balaban J connectivity index is 0.00000243. The lowest BCUT2D eigenvalue weighted by molar-refractivity contribution is 0.260. The van der Waals surface area contributed by atoms with Gasteiger partial charge in [0.1, 0.15) is 5.82 Å². The number of fused-ring (bicyclic) bond motifs is 1. The zero-order valence-corrected chi connectivity index (χ0v) is 18.1. The largest absolute Gasteiger partial charge is 0.357 e. The van der Waals surface area contributed by atoms with Crippen LogP contribution in [0.15, 0.2) is 40.7 Å². The van der Waals surface area contributed by atoms with E-state index in [1.54, 1.807) is 6.07 Å². The van der Waals surface area contributed by atoms with Crippen molar-refractivity contribution in [3.8, 4) is 0 Å². The van der Waals surface area contributed by atoms with Gasteiger partial charge in [-0.3, -0.25) is 4.90 Å². The van der Waals surface area contributed by atoms with E-state index in [9.17, 15) is 4.39 Å². The number of hydrogen-bond donors (Lipinski definition) is 2. The summed E-state index contributed by atoms with van der Waals surface area (Å²) < 4.78 is 13.2. The van der Waals surface area contributed by atoms with Gasteiger partial charge < -0.3 is 10.6 Å². The molecule has 1 aromatic carbocycles. The molecule has 26 heavy (non-hydrogen) atoms. The fraction of sp³-hybridized carbons (Fsp3) is 0.421. The smallest absolute Gasteiger partial charge is 0.191 e. The van der Waals surface area contributed by atoms with E-state index in [-0.39, 0.29) is 29.8 Å². The third kappa shape index (κ3) is 6.21. The molecule has 1 aromatic heterocycles. The van der Waals surface area contributed by atoms with Crippen LogP contribution < -0.4 is 10.6 Å². The molecule has 1 aliphatic rings. The van der Waals surface area contributed by atoms with Crippen LogP contribution in [0.1, 0.15) is 22.9 Å². The summed E-state index contributed by atoms with van der Waals surface area (Å²) in [5.74, 6) is 0.559. The normalized spacial score (nSPS) is 14.5. The molecule has 1 aliphatic heterocycles. The van der Waals surface area contributed by atoms with Crippen molar-refractivity contribution in [2.45, 2.75) is 26.4 Å². The number of aliphatic imine (C=N–C) groups is 1. The average molecular weight is 488 g/mol. The first-order valence-electron chi connectivity index (χ1n) is 8.79. The average Bonchev–Trinajstić information content (AvgIpc) is 3.07. The van der Waals surface area contributed by atoms with E-state index in [2.05, 4.69) is 32.0 Å². The van der Waals surface area contributed by atoms with Crippen molar-refractivity contribution in [3.63, 3.8) is 0 Å². The maximum absolute atomic E-state index is 13.2. The summed E-state index contributed by atoms with van der Waals surface area (Å²) in [5.41, 5.74) is 2.35. The van der Waals surface area contributed by atoms with Gasteiger partial charge in [-0.1, -0.05) is 12.1 Å². The van der Waals surface area contributed by atoms with Gasteiger partial charge in [0.05, 0.1) is 6.54 Å². The van der Waals surface area contributed by atoms with Crippen LogP contribution in [-0.4, -0.2) is 37.0 Å². The molecule has 0 radical (unpaired) electrons. The molecular weight excluding hydrogens is 462 g/mol. The van der Waals surface area contributed by atoms with Gasteiger partial charge in [-0.2, -0.15) is 0 Å². The first-order chi connectivity index (χ1) is 12.2. The molecule has 0 fully saturated rings. The molecule has 2 aromatic rings. The summed E-state index contributed by atoms with van der Waals surface area (Å²) >= 11 is 1.87. The summed E-state index contributed by atoms with van der Waals surface area (Å²) in [6.07, 6.45) is 1.15. The van der Waals surface area contributed by atoms with Gasteiger partial charge in [0, 0.05) is 37.6 Å². The molecular formula is C19H26FIN4S. The Morgan fingerprint density at radius 3 is 3.00 bits per heavy atom. The Morgan fingerprint density at radius 2 is 2.19 bits per heavy atom. The topological polar surface area (TPSA) is 39.7 Å². The van der Waals surface area contributed by atoms with Gasteiger partial charge in [0.25, 0.3) is 0 Å².